The Morgan fingerprint density at radius 1 is 1.11 bits per heavy atom. The Bertz CT molecular complexity index is 1150. The number of aryl methyl sites for hydroxylation is 1. The van der Waals surface area contributed by atoms with Gasteiger partial charge < -0.3 is 19.1 Å². The summed E-state index contributed by atoms with van der Waals surface area (Å²) in [6.07, 6.45) is 3.52. The van der Waals surface area contributed by atoms with E-state index < -0.39 is 11.7 Å². The molecule has 2 aromatic rings. The number of benzene rings is 1. The highest BCUT2D eigenvalue weighted by Crippen LogP contribution is 2.33. The van der Waals surface area contributed by atoms with E-state index in [9.17, 15) is 18.8 Å². The van der Waals surface area contributed by atoms with Crippen LogP contribution in [-0.2, 0) is 9.59 Å². The van der Waals surface area contributed by atoms with Gasteiger partial charge in [0.1, 0.15) is 11.6 Å². The summed E-state index contributed by atoms with van der Waals surface area (Å²) in [5.41, 5.74) is 0.889. The lowest BCUT2D eigenvalue weighted by molar-refractivity contribution is -0.136. The van der Waals surface area contributed by atoms with Gasteiger partial charge in [0.2, 0.25) is 11.8 Å². The number of piperidine rings is 1. The monoisotopic (exact) mass is 502 g/mol. The molecule has 5 rings (SSSR count). The molecule has 0 bridgehead atoms. The van der Waals surface area contributed by atoms with Crippen molar-refractivity contribution in [2.75, 3.05) is 37.6 Å². The van der Waals surface area contributed by atoms with E-state index >= 15 is 0 Å². The molecule has 3 amide bonds. The van der Waals surface area contributed by atoms with Gasteiger partial charge in [-0.3, -0.25) is 14.4 Å². The Hall–Kier alpha value is -2.94. The number of likely N-dealkylation sites (tertiary alicyclic amines) is 2. The summed E-state index contributed by atoms with van der Waals surface area (Å²) < 4.78 is 19.4. The van der Waals surface area contributed by atoms with Crippen molar-refractivity contribution in [3.8, 4) is 0 Å². The molecule has 3 aliphatic heterocycles. The van der Waals surface area contributed by atoms with E-state index in [0.717, 1.165) is 25.9 Å². The van der Waals surface area contributed by atoms with Crippen molar-refractivity contribution < 1.29 is 23.2 Å². The number of rotatable bonds is 4. The lowest BCUT2D eigenvalue weighted by atomic mass is 9.95. The van der Waals surface area contributed by atoms with Crippen LogP contribution in [0.5, 0.6) is 0 Å². The number of oxazole rings is 1. The van der Waals surface area contributed by atoms with E-state index in [0.29, 0.717) is 49.0 Å². The van der Waals surface area contributed by atoms with E-state index in [1.165, 1.54) is 23.1 Å². The molecule has 1 aromatic carbocycles. The third kappa shape index (κ3) is 4.66. The van der Waals surface area contributed by atoms with Crippen LogP contribution in [0.1, 0.15) is 60.2 Å². The predicted molar refractivity (Wildman–Crippen MR) is 127 cm³/mol. The Morgan fingerprint density at radius 2 is 1.83 bits per heavy atom. The van der Waals surface area contributed by atoms with Crippen molar-refractivity contribution in [1.82, 2.24) is 14.8 Å². The standard InChI is InChI=1S/C25H28ClFN4O4/c1-15-22(25(34)29-8-2-3-9-29)28-23(35-15)16-6-10-30(11-7-16)24(33)17-12-21(32)31(14-17)18-4-5-20(27)19(26)13-18/h4-5,13,16-17H,2-3,6-12,14H2,1H3. The van der Waals surface area contributed by atoms with Crippen molar-refractivity contribution in [3.63, 3.8) is 0 Å². The molecule has 1 aromatic heterocycles. The lowest BCUT2D eigenvalue weighted by Gasteiger charge is -2.32. The number of aromatic nitrogens is 1. The first-order chi connectivity index (χ1) is 16.8. The Morgan fingerprint density at radius 3 is 2.51 bits per heavy atom. The first-order valence-electron chi connectivity index (χ1n) is 12.1. The molecule has 0 radical (unpaired) electrons. The molecule has 0 aliphatic carbocycles. The summed E-state index contributed by atoms with van der Waals surface area (Å²) in [5.74, 6) is -0.148. The molecule has 186 valence electrons. The van der Waals surface area contributed by atoms with Crippen LogP contribution in [0.4, 0.5) is 10.1 Å². The van der Waals surface area contributed by atoms with Gasteiger partial charge in [-0.25, -0.2) is 9.37 Å². The molecule has 0 spiro atoms. The molecule has 0 N–H and O–H groups in total. The number of hydrogen-bond acceptors (Lipinski definition) is 5. The van der Waals surface area contributed by atoms with Crippen LogP contribution in [0.25, 0.3) is 0 Å². The van der Waals surface area contributed by atoms with Crippen LogP contribution in [0.15, 0.2) is 22.6 Å². The third-order valence-corrected chi connectivity index (χ3v) is 7.54. The van der Waals surface area contributed by atoms with Gasteiger partial charge in [-0.1, -0.05) is 11.6 Å². The zero-order valence-corrected chi connectivity index (χ0v) is 20.4. The van der Waals surface area contributed by atoms with Crippen molar-refractivity contribution in [1.29, 1.82) is 0 Å². The van der Waals surface area contributed by atoms with Crippen LogP contribution in [-0.4, -0.2) is 65.2 Å². The quantitative estimate of drug-likeness (QED) is 0.635. The first-order valence-corrected chi connectivity index (χ1v) is 12.5. The first kappa shape index (κ1) is 23.8. The fraction of sp³-hybridized carbons (Fsp3) is 0.520. The zero-order chi connectivity index (χ0) is 24.7. The van der Waals surface area contributed by atoms with Crippen molar-refractivity contribution in [2.24, 2.45) is 5.92 Å². The summed E-state index contributed by atoms with van der Waals surface area (Å²) in [5, 5.41) is -0.0563. The molecule has 3 aliphatic rings. The van der Waals surface area contributed by atoms with Gasteiger partial charge in [0, 0.05) is 50.7 Å². The van der Waals surface area contributed by atoms with Gasteiger partial charge in [0.15, 0.2) is 11.6 Å². The fourth-order valence-corrected chi connectivity index (χ4v) is 5.42. The maximum Gasteiger partial charge on any atom is 0.276 e. The highest BCUT2D eigenvalue weighted by Gasteiger charge is 2.39. The maximum absolute atomic E-state index is 13.5. The minimum atomic E-state index is -0.550. The van der Waals surface area contributed by atoms with E-state index in [1.54, 1.807) is 11.8 Å². The SMILES string of the molecule is Cc1oc(C2CCN(C(=O)C3CC(=O)N(c4ccc(F)c(Cl)c4)C3)CC2)nc1C(=O)N1CCCC1. The van der Waals surface area contributed by atoms with Gasteiger partial charge >= 0.3 is 0 Å². The number of nitrogens with zero attached hydrogens (tertiary/aromatic N) is 4. The van der Waals surface area contributed by atoms with Crippen LogP contribution < -0.4 is 4.90 Å². The van der Waals surface area contributed by atoms with Crippen LogP contribution in [0.2, 0.25) is 5.02 Å². The second-order valence-corrected chi connectivity index (χ2v) is 9.97. The minimum Gasteiger partial charge on any atom is -0.445 e. The summed E-state index contributed by atoms with van der Waals surface area (Å²) >= 11 is 5.86. The van der Waals surface area contributed by atoms with Crippen LogP contribution in [0.3, 0.4) is 0 Å². The lowest BCUT2D eigenvalue weighted by Crippen LogP contribution is -2.42. The number of hydrogen-bond donors (Lipinski definition) is 0. The molecule has 35 heavy (non-hydrogen) atoms. The molecule has 0 saturated carbocycles. The van der Waals surface area contributed by atoms with Gasteiger partial charge in [-0.15, -0.1) is 0 Å². The Kier molecular flexibility index (Phi) is 6.53. The average molecular weight is 503 g/mol. The fourth-order valence-electron chi connectivity index (χ4n) is 5.24. The van der Waals surface area contributed by atoms with Gasteiger partial charge in [0.05, 0.1) is 10.9 Å². The summed E-state index contributed by atoms with van der Waals surface area (Å²) in [6.45, 7) is 4.61. The topological polar surface area (TPSA) is 87.0 Å². The minimum absolute atomic E-state index is 0.0425. The molecule has 3 saturated heterocycles. The smallest absolute Gasteiger partial charge is 0.276 e. The number of halogens is 2. The summed E-state index contributed by atoms with van der Waals surface area (Å²) in [7, 11) is 0. The van der Waals surface area contributed by atoms with E-state index in [4.69, 9.17) is 16.0 Å². The highest BCUT2D eigenvalue weighted by atomic mass is 35.5. The van der Waals surface area contributed by atoms with Crippen molar-refractivity contribution >= 4 is 35.0 Å². The summed E-state index contributed by atoms with van der Waals surface area (Å²) in [6, 6.07) is 4.13. The van der Waals surface area contributed by atoms with Gasteiger partial charge in [-0.2, -0.15) is 0 Å². The third-order valence-electron chi connectivity index (χ3n) is 7.25. The van der Waals surface area contributed by atoms with E-state index in [1.807, 2.05) is 4.90 Å². The molecule has 8 nitrogen and oxygen atoms in total. The second-order valence-electron chi connectivity index (χ2n) is 9.56. The zero-order valence-electron chi connectivity index (χ0n) is 19.6. The number of amides is 3. The normalized spacial score (nSPS) is 21.3. The molecule has 10 heteroatoms. The van der Waals surface area contributed by atoms with Crippen molar-refractivity contribution in [3.05, 3.63) is 46.4 Å². The van der Waals surface area contributed by atoms with Crippen molar-refractivity contribution in [2.45, 2.75) is 44.9 Å². The average Bonchev–Trinajstić information content (AvgIpc) is 3.60. The van der Waals surface area contributed by atoms with E-state index in [-0.39, 0.29) is 41.6 Å². The van der Waals surface area contributed by atoms with Crippen LogP contribution >= 0.6 is 11.6 Å². The number of carbonyl (C=O) groups is 3. The molecule has 4 heterocycles. The molecular formula is C25H28ClFN4O4. The van der Waals surface area contributed by atoms with E-state index in [2.05, 4.69) is 4.98 Å². The predicted octanol–water partition coefficient (Wildman–Crippen LogP) is 3.77. The molecule has 1 unspecified atom stereocenters. The maximum atomic E-state index is 13.5. The van der Waals surface area contributed by atoms with Gasteiger partial charge in [0.25, 0.3) is 5.91 Å². The molecular weight excluding hydrogens is 475 g/mol. The van der Waals surface area contributed by atoms with Gasteiger partial charge in [-0.05, 0) is 50.8 Å². The number of anilines is 1. The molecule has 3 fully saturated rings. The Labute approximate surface area is 208 Å². The van der Waals surface area contributed by atoms with Crippen LogP contribution in [0, 0.1) is 18.7 Å². The Balaban J connectivity index is 1.19. The number of carbonyl (C=O) groups excluding carboxylic acids is 3. The molecule has 1 atom stereocenters. The highest BCUT2D eigenvalue weighted by molar-refractivity contribution is 6.31. The summed E-state index contributed by atoms with van der Waals surface area (Å²) in [4.78, 5) is 48.1. The second kappa shape index (κ2) is 9.60. The largest absolute Gasteiger partial charge is 0.445 e.